The van der Waals surface area contributed by atoms with Gasteiger partial charge in [0, 0.05) is 12.6 Å². The highest BCUT2D eigenvalue weighted by atomic mass is 19.4. The molecule has 8 heteroatoms. The number of hydrogen-bond acceptors (Lipinski definition) is 3. The maximum absolute atomic E-state index is 12.4. The summed E-state index contributed by atoms with van der Waals surface area (Å²) in [6, 6.07) is 3.88. The number of carbonyl (C=O) groups excluding carboxylic acids is 1. The van der Waals surface area contributed by atoms with E-state index in [1.807, 2.05) is 0 Å². The van der Waals surface area contributed by atoms with Gasteiger partial charge in [-0.3, -0.25) is 4.79 Å². The van der Waals surface area contributed by atoms with Crippen molar-refractivity contribution in [1.29, 1.82) is 0 Å². The Bertz CT molecular complexity index is 516. The zero-order chi connectivity index (χ0) is 15.5. The van der Waals surface area contributed by atoms with Gasteiger partial charge in [-0.1, -0.05) is 18.2 Å². The Kier molecular flexibility index (Phi) is 4.59. The number of aliphatic carboxylic acids is 1. The molecule has 0 saturated heterocycles. The molecule has 0 aliphatic heterocycles. The van der Waals surface area contributed by atoms with Gasteiger partial charge in [0.2, 0.25) is 0 Å². The lowest BCUT2D eigenvalue weighted by atomic mass is 10.0. The van der Waals surface area contributed by atoms with E-state index in [9.17, 15) is 22.8 Å². The lowest BCUT2D eigenvalue weighted by Gasteiger charge is -2.26. The van der Waals surface area contributed by atoms with Gasteiger partial charge in [0.15, 0.2) is 6.04 Å². The smallest absolute Gasteiger partial charge is 0.471 e. The molecular formula is C12H12F3NO4. The van der Waals surface area contributed by atoms with Crippen LogP contribution in [-0.4, -0.2) is 42.2 Å². The van der Waals surface area contributed by atoms with Gasteiger partial charge in [-0.25, -0.2) is 4.79 Å². The van der Waals surface area contributed by atoms with Crippen LogP contribution in [0.2, 0.25) is 0 Å². The second-order valence-corrected chi connectivity index (χ2v) is 3.90. The summed E-state index contributed by atoms with van der Waals surface area (Å²) >= 11 is 0. The van der Waals surface area contributed by atoms with E-state index in [4.69, 9.17) is 9.84 Å². The molecule has 0 radical (unpaired) electrons. The lowest BCUT2D eigenvalue weighted by molar-refractivity contribution is -0.188. The zero-order valence-electron chi connectivity index (χ0n) is 10.6. The number of para-hydroxylation sites is 1. The Morgan fingerprint density at radius 2 is 1.85 bits per heavy atom. The molecule has 1 N–H and O–H groups in total. The summed E-state index contributed by atoms with van der Waals surface area (Å²) in [5.41, 5.74) is -0.0393. The zero-order valence-corrected chi connectivity index (χ0v) is 10.6. The number of rotatable bonds is 4. The summed E-state index contributed by atoms with van der Waals surface area (Å²) in [6.07, 6.45) is -5.15. The van der Waals surface area contributed by atoms with Crippen molar-refractivity contribution in [2.75, 3.05) is 14.2 Å². The number of carbonyl (C=O) groups is 2. The normalized spacial score (nSPS) is 12.7. The summed E-state index contributed by atoms with van der Waals surface area (Å²) < 4.78 is 42.1. The van der Waals surface area contributed by atoms with Gasteiger partial charge in [-0.15, -0.1) is 0 Å². The van der Waals surface area contributed by atoms with Crippen molar-refractivity contribution in [3.63, 3.8) is 0 Å². The largest absolute Gasteiger partial charge is 0.496 e. The van der Waals surface area contributed by atoms with Crippen LogP contribution in [-0.2, 0) is 9.59 Å². The molecule has 1 amide bonds. The minimum atomic E-state index is -5.15. The molecule has 1 unspecified atom stereocenters. The number of benzene rings is 1. The van der Waals surface area contributed by atoms with E-state index in [0.29, 0.717) is 0 Å². The fourth-order valence-electron chi connectivity index (χ4n) is 1.72. The molecule has 0 heterocycles. The molecule has 0 bridgehead atoms. The predicted molar refractivity (Wildman–Crippen MR) is 62.2 cm³/mol. The van der Waals surface area contributed by atoms with Gasteiger partial charge >= 0.3 is 18.1 Å². The molecule has 0 fully saturated rings. The second kappa shape index (κ2) is 5.81. The summed E-state index contributed by atoms with van der Waals surface area (Å²) in [5, 5.41) is 9.11. The Hall–Kier alpha value is -2.25. The standard InChI is InChI=1S/C12H12F3NO4/c1-16(11(19)12(13,14)15)9(10(17)18)7-5-3-4-6-8(7)20-2/h3-6,9H,1-2H3,(H,17,18). The maximum atomic E-state index is 12.4. The number of methoxy groups -OCH3 is 1. The van der Waals surface area contributed by atoms with Gasteiger partial charge in [0.05, 0.1) is 7.11 Å². The summed E-state index contributed by atoms with van der Waals surface area (Å²) in [4.78, 5) is 22.5. The lowest BCUT2D eigenvalue weighted by Crippen LogP contribution is -2.43. The van der Waals surface area contributed by atoms with Crippen molar-refractivity contribution in [3.8, 4) is 5.75 Å². The number of ether oxygens (including phenoxy) is 1. The van der Waals surface area contributed by atoms with Crippen molar-refractivity contribution < 1.29 is 32.6 Å². The first-order valence-electron chi connectivity index (χ1n) is 5.39. The Labute approximate surface area is 112 Å². The highest BCUT2D eigenvalue weighted by Gasteiger charge is 2.45. The minimum absolute atomic E-state index is 0.0393. The minimum Gasteiger partial charge on any atom is -0.496 e. The first kappa shape index (κ1) is 15.8. The highest BCUT2D eigenvalue weighted by Crippen LogP contribution is 2.31. The number of halogens is 3. The number of amides is 1. The van der Waals surface area contributed by atoms with Gasteiger partial charge in [0.25, 0.3) is 0 Å². The Morgan fingerprint density at radius 1 is 1.30 bits per heavy atom. The molecule has 1 rings (SSSR count). The fourth-order valence-corrected chi connectivity index (χ4v) is 1.72. The second-order valence-electron chi connectivity index (χ2n) is 3.90. The van der Waals surface area contributed by atoms with E-state index < -0.39 is 24.1 Å². The third-order valence-corrected chi connectivity index (χ3v) is 2.62. The molecule has 1 aromatic carbocycles. The van der Waals surface area contributed by atoms with E-state index in [1.54, 1.807) is 0 Å². The van der Waals surface area contributed by atoms with Crippen molar-refractivity contribution in [1.82, 2.24) is 4.90 Å². The average molecular weight is 291 g/mol. The summed E-state index contributed by atoms with van der Waals surface area (Å²) in [5.74, 6) is -3.74. The van der Waals surface area contributed by atoms with Crippen LogP contribution >= 0.6 is 0 Å². The Balaban J connectivity index is 3.25. The number of nitrogens with zero attached hydrogens (tertiary/aromatic N) is 1. The monoisotopic (exact) mass is 291 g/mol. The van der Waals surface area contributed by atoms with Crippen molar-refractivity contribution >= 4 is 11.9 Å². The van der Waals surface area contributed by atoms with Crippen molar-refractivity contribution in [2.45, 2.75) is 12.2 Å². The van der Waals surface area contributed by atoms with Gasteiger partial charge in [-0.2, -0.15) is 13.2 Å². The molecule has 0 aromatic heterocycles. The first-order valence-corrected chi connectivity index (χ1v) is 5.39. The van der Waals surface area contributed by atoms with Crippen LogP contribution in [0.4, 0.5) is 13.2 Å². The van der Waals surface area contributed by atoms with Crippen LogP contribution in [0.1, 0.15) is 11.6 Å². The van der Waals surface area contributed by atoms with Crippen LogP contribution in [0, 0.1) is 0 Å². The SMILES string of the molecule is COc1ccccc1C(C(=O)O)N(C)C(=O)C(F)(F)F. The first-order chi connectivity index (χ1) is 9.20. The van der Waals surface area contributed by atoms with E-state index in [-0.39, 0.29) is 16.2 Å². The number of hydrogen-bond donors (Lipinski definition) is 1. The number of alkyl halides is 3. The van der Waals surface area contributed by atoms with Crippen molar-refractivity contribution in [2.24, 2.45) is 0 Å². The molecule has 0 aliphatic rings. The molecule has 110 valence electrons. The fraction of sp³-hybridized carbons (Fsp3) is 0.333. The average Bonchev–Trinajstić information content (AvgIpc) is 2.37. The third kappa shape index (κ3) is 3.19. The molecule has 1 aromatic rings. The highest BCUT2D eigenvalue weighted by molar-refractivity contribution is 5.88. The van der Waals surface area contributed by atoms with Crippen LogP contribution < -0.4 is 4.74 Å². The maximum Gasteiger partial charge on any atom is 0.471 e. The van der Waals surface area contributed by atoms with E-state index in [0.717, 1.165) is 7.05 Å². The molecule has 0 spiro atoms. The topological polar surface area (TPSA) is 66.8 Å². The molecule has 5 nitrogen and oxygen atoms in total. The summed E-state index contributed by atoms with van der Waals surface area (Å²) in [6.45, 7) is 0. The van der Waals surface area contributed by atoms with Gasteiger partial charge in [0.1, 0.15) is 5.75 Å². The van der Waals surface area contributed by atoms with Crippen molar-refractivity contribution in [3.05, 3.63) is 29.8 Å². The molecular weight excluding hydrogens is 279 g/mol. The van der Waals surface area contributed by atoms with Crippen LogP contribution in [0.5, 0.6) is 5.75 Å². The molecule has 0 aliphatic carbocycles. The Morgan fingerprint density at radius 3 is 2.30 bits per heavy atom. The number of carboxylic acids is 1. The predicted octanol–water partition coefficient (Wildman–Crippen LogP) is 1.84. The van der Waals surface area contributed by atoms with E-state index in [2.05, 4.69) is 0 Å². The third-order valence-electron chi connectivity index (χ3n) is 2.62. The van der Waals surface area contributed by atoms with Crippen LogP contribution in [0.3, 0.4) is 0 Å². The molecule has 0 saturated carbocycles. The molecule has 20 heavy (non-hydrogen) atoms. The molecule has 1 atom stereocenters. The van der Waals surface area contributed by atoms with Crippen LogP contribution in [0.25, 0.3) is 0 Å². The van der Waals surface area contributed by atoms with Gasteiger partial charge < -0.3 is 14.7 Å². The summed E-state index contributed by atoms with van der Waals surface area (Å²) in [7, 11) is 2.03. The van der Waals surface area contributed by atoms with Crippen LogP contribution in [0.15, 0.2) is 24.3 Å². The van der Waals surface area contributed by atoms with E-state index in [1.165, 1.54) is 31.4 Å². The van der Waals surface area contributed by atoms with E-state index >= 15 is 0 Å². The number of likely N-dealkylation sites (N-methyl/N-ethyl adjacent to an activating group) is 1. The quantitative estimate of drug-likeness (QED) is 0.919. The van der Waals surface area contributed by atoms with Gasteiger partial charge in [-0.05, 0) is 6.07 Å². The number of carboxylic acid groups (broad SMARTS) is 1.